The lowest BCUT2D eigenvalue weighted by Crippen LogP contribution is -2.38. The van der Waals surface area contributed by atoms with Crippen LogP contribution in [0.25, 0.3) is 0 Å². The number of nitro benzene ring substituents is 1. The predicted molar refractivity (Wildman–Crippen MR) is 88.9 cm³/mol. The SMILES string of the molecule is COC(=O)[C@H]1CCN(C(=O)OC(C)(C)C)[C@H]1c1cccc([N+](=O)[O-])c1. The number of non-ortho nitro benzene ring substituents is 1. The number of nitro groups is 1. The van der Waals surface area contributed by atoms with Gasteiger partial charge in [-0.3, -0.25) is 14.9 Å². The Morgan fingerprint density at radius 2 is 2.00 bits per heavy atom. The van der Waals surface area contributed by atoms with Crippen molar-refractivity contribution in [2.75, 3.05) is 13.7 Å². The van der Waals surface area contributed by atoms with Crippen molar-refractivity contribution in [3.8, 4) is 0 Å². The van der Waals surface area contributed by atoms with Crippen LogP contribution in [0.5, 0.6) is 0 Å². The smallest absolute Gasteiger partial charge is 0.410 e. The van der Waals surface area contributed by atoms with E-state index in [9.17, 15) is 19.7 Å². The first kappa shape index (κ1) is 18.7. The van der Waals surface area contributed by atoms with E-state index in [2.05, 4.69) is 0 Å². The third kappa shape index (κ3) is 4.26. The van der Waals surface area contributed by atoms with Crippen LogP contribution in [0.1, 0.15) is 38.8 Å². The van der Waals surface area contributed by atoms with Gasteiger partial charge >= 0.3 is 12.1 Å². The lowest BCUT2D eigenvalue weighted by molar-refractivity contribution is -0.385. The molecular weight excluding hydrogens is 328 g/mol. The average Bonchev–Trinajstić information content (AvgIpc) is 2.97. The highest BCUT2D eigenvalue weighted by molar-refractivity contribution is 5.77. The molecule has 1 aromatic carbocycles. The third-order valence-electron chi connectivity index (χ3n) is 3.95. The monoisotopic (exact) mass is 350 g/mol. The van der Waals surface area contributed by atoms with Crippen molar-refractivity contribution < 1.29 is 24.0 Å². The average molecular weight is 350 g/mol. The molecule has 1 aromatic rings. The molecule has 2 atom stereocenters. The van der Waals surface area contributed by atoms with Gasteiger partial charge in [0.2, 0.25) is 0 Å². The summed E-state index contributed by atoms with van der Waals surface area (Å²) in [6, 6.07) is 5.28. The van der Waals surface area contributed by atoms with Gasteiger partial charge in [-0.2, -0.15) is 0 Å². The van der Waals surface area contributed by atoms with Gasteiger partial charge in [-0.25, -0.2) is 4.79 Å². The van der Waals surface area contributed by atoms with Crippen LogP contribution in [0.3, 0.4) is 0 Å². The molecule has 1 heterocycles. The number of rotatable bonds is 3. The van der Waals surface area contributed by atoms with Crippen molar-refractivity contribution in [3.63, 3.8) is 0 Å². The van der Waals surface area contributed by atoms with E-state index in [4.69, 9.17) is 9.47 Å². The molecule has 1 saturated heterocycles. The van der Waals surface area contributed by atoms with E-state index in [1.807, 2.05) is 0 Å². The van der Waals surface area contributed by atoms with E-state index in [1.54, 1.807) is 26.8 Å². The number of hydrogen-bond donors (Lipinski definition) is 0. The van der Waals surface area contributed by atoms with Crippen molar-refractivity contribution >= 4 is 17.7 Å². The molecule has 0 saturated carbocycles. The first-order valence-electron chi connectivity index (χ1n) is 7.96. The Morgan fingerprint density at radius 1 is 1.32 bits per heavy atom. The second-order valence-corrected chi connectivity index (χ2v) is 6.89. The highest BCUT2D eigenvalue weighted by Crippen LogP contribution is 2.39. The van der Waals surface area contributed by atoms with E-state index in [-0.39, 0.29) is 5.69 Å². The fraction of sp³-hybridized carbons (Fsp3) is 0.529. The van der Waals surface area contributed by atoms with Crippen LogP contribution >= 0.6 is 0 Å². The van der Waals surface area contributed by atoms with Gasteiger partial charge in [0.05, 0.1) is 24.0 Å². The minimum absolute atomic E-state index is 0.0999. The molecule has 8 nitrogen and oxygen atoms in total. The Balaban J connectivity index is 2.40. The Hall–Kier alpha value is -2.64. The maximum Gasteiger partial charge on any atom is 0.410 e. The molecule has 0 spiro atoms. The summed E-state index contributed by atoms with van der Waals surface area (Å²) in [7, 11) is 1.28. The van der Waals surface area contributed by atoms with Crippen LogP contribution < -0.4 is 0 Å². The summed E-state index contributed by atoms with van der Waals surface area (Å²) in [5.41, 5.74) is -0.279. The molecular formula is C17H22N2O6. The standard InChI is InChI=1S/C17H22N2O6/c1-17(2,3)25-16(21)18-9-8-13(15(20)24-4)14(18)11-6-5-7-12(10-11)19(22)23/h5-7,10,13-14H,8-9H2,1-4H3/t13-,14-/m0/s1. The second-order valence-electron chi connectivity index (χ2n) is 6.89. The molecule has 0 unspecified atom stereocenters. The molecule has 25 heavy (non-hydrogen) atoms. The van der Waals surface area contributed by atoms with Gasteiger partial charge in [0.15, 0.2) is 0 Å². The number of nitrogens with zero attached hydrogens (tertiary/aromatic N) is 2. The first-order valence-corrected chi connectivity index (χ1v) is 7.96. The highest BCUT2D eigenvalue weighted by atomic mass is 16.6. The Labute approximate surface area is 145 Å². The molecule has 8 heteroatoms. The van der Waals surface area contributed by atoms with Crippen molar-refractivity contribution in [1.29, 1.82) is 0 Å². The highest BCUT2D eigenvalue weighted by Gasteiger charge is 2.44. The number of carbonyl (C=O) groups excluding carboxylic acids is 2. The first-order chi connectivity index (χ1) is 11.6. The van der Waals surface area contributed by atoms with Gasteiger partial charge in [-0.15, -0.1) is 0 Å². The van der Waals surface area contributed by atoms with Crippen LogP contribution in [0.15, 0.2) is 24.3 Å². The Kier molecular flexibility index (Phi) is 5.30. The minimum Gasteiger partial charge on any atom is -0.469 e. The van der Waals surface area contributed by atoms with Crippen molar-refractivity contribution in [1.82, 2.24) is 4.90 Å². The number of methoxy groups -OCH3 is 1. The summed E-state index contributed by atoms with van der Waals surface area (Å²) in [5.74, 6) is -1.05. The third-order valence-corrected chi connectivity index (χ3v) is 3.95. The van der Waals surface area contributed by atoms with Crippen molar-refractivity contribution in [3.05, 3.63) is 39.9 Å². The molecule has 2 rings (SSSR count). The van der Waals surface area contributed by atoms with E-state index < -0.39 is 34.5 Å². The maximum atomic E-state index is 12.5. The second kappa shape index (κ2) is 7.08. The quantitative estimate of drug-likeness (QED) is 0.472. The zero-order valence-electron chi connectivity index (χ0n) is 14.7. The van der Waals surface area contributed by atoms with E-state index in [0.717, 1.165) is 0 Å². The fourth-order valence-electron chi connectivity index (χ4n) is 2.95. The molecule has 136 valence electrons. The Bertz CT molecular complexity index is 682. The zero-order chi connectivity index (χ0) is 18.8. The summed E-state index contributed by atoms with van der Waals surface area (Å²) >= 11 is 0. The summed E-state index contributed by atoms with van der Waals surface area (Å²) in [6.45, 7) is 5.56. The maximum absolute atomic E-state index is 12.5. The lowest BCUT2D eigenvalue weighted by atomic mass is 9.93. The van der Waals surface area contributed by atoms with Gasteiger partial charge in [0.25, 0.3) is 5.69 Å². The topological polar surface area (TPSA) is 99.0 Å². The molecule has 0 aromatic heterocycles. The van der Waals surface area contributed by atoms with Crippen LogP contribution in [0, 0.1) is 16.0 Å². The van der Waals surface area contributed by atoms with Gasteiger partial charge < -0.3 is 14.4 Å². The molecule has 0 aliphatic carbocycles. The number of carbonyl (C=O) groups is 2. The number of benzene rings is 1. The van der Waals surface area contributed by atoms with Gasteiger partial charge in [-0.1, -0.05) is 12.1 Å². The number of likely N-dealkylation sites (tertiary alicyclic amines) is 1. The van der Waals surface area contributed by atoms with Crippen LogP contribution in [0.4, 0.5) is 10.5 Å². The Morgan fingerprint density at radius 3 is 2.56 bits per heavy atom. The molecule has 1 aliphatic heterocycles. The summed E-state index contributed by atoms with van der Waals surface area (Å²) in [4.78, 5) is 36.7. The molecule has 1 amide bonds. The zero-order valence-corrected chi connectivity index (χ0v) is 14.7. The van der Waals surface area contributed by atoms with E-state index in [0.29, 0.717) is 18.5 Å². The summed E-state index contributed by atoms with van der Waals surface area (Å²) < 4.78 is 10.3. The van der Waals surface area contributed by atoms with E-state index in [1.165, 1.54) is 30.2 Å². The molecule has 0 N–H and O–H groups in total. The fourth-order valence-corrected chi connectivity index (χ4v) is 2.95. The minimum atomic E-state index is -0.687. The molecule has 1 fully saturated rings. The van der Waals surface area contributed by atoms with Crippen molar-refractivity contribution in [2.24, 2.45) is 5.92 Å². The van der Waals surface area contributed by atoms with Crippen LogP contribution in [-0.4, -0.2) is 41.1 Å². The molecule has 0 radical (unpaired) electrons. The normalized spacial score (nSPS) is 20.2. The van der Waals surface area contributed by atoms with E-state index >= 15 is 0 Å². The molecule has 1 aliphatic rings. The van der Waals surface area contributed by atoms with Gasteiger partial charge in [-0.05, 0) is 32.8 Å². The van der Waals surface area contributed by atoms with Gasteiger partial charge in [0.1, 0.15) is 5.60 Å². The summed E-state index contributed by atoms with van der Waals surface area (Å²) in [6.07, 6.45) is -0.158. The lowest BCUT2D eigenvalue weighted by Gasteiger charge is -2.30. The predicted octanol–water partition coefficient (Wildman–Crippen LogP) is 3.07. The number of ether oxygens (including phenoxy) is 2. The van der Waals surface area contributed by atoms with Gasteiger partial charge in [0, 0.05) is 18.7 Å². The largest absolute Gasteiger partial charge is 0.469 e. The van der Waals surface area contributed by atoms with Crippen LogP contribution in [0.2, 0.25) is 0 Å². The number of hydrogen-bond acceptors (Lipinski definition) is 6. The molecule has 0 bridgehead atoms. The van der Waals surface area contributed by atoms with Crippen molar-refractivity contribution in [2.45, 2.75) is 38.8 Å². The number of esters is 1. The number of amides is 1. The van der Waals surface area contributed by atoms with Crippen LogP contribution in [-0.2, 0) is 14.3 Å². The summed E-state index contributed by atoms with van der Waals surface area (Å²) in [5, 5.41) is 11.1.